The third-order valence-electron chi connectivity index (χ3n) is 6.56. The molecule has 2 fully saturated rings. The second kappa shape index (κ2) is 6.69. The third kappa shape index (κ3) is 3.21. The fourth-order valence-electron chi connectivity index (χ4n) is 4.24. The van der Waals surface area contributed by atoms with Crippen molar-refractivity contribution < 1.29 is 9.31 Å². The van der Waals surface area contributed by atoms with E-state index in [-0.39, 0.29) is 18.3 Å². The van der Waals surface area contributed by atoms with Crippen LogP contribution in [0, 0.1) is 12.3 Å². The zero-order chi connectivity index (χ0) is 18.4. The van der Waals surface area contributed by atoms with E-state index in [0.29, 0.717) is 5.92 Å². The van der Waals surface area contributed by atoms with Gasteiger partial charge in [0.05, 0.1) is 11.2 Å². The van der Waals surface area contributed by atoms with Gasteiger partial charge in [0.15, 0.2) is 0 Å². The van der Waals surface area contributed by atoms with Gasteiger partial charge in [-0.3, -0.25) is 0 Å². The number of benzene rings is 2. The number of fused-ring (bicyclic) bond motifs is 1. The van der Waals surface area contributed by atoms with Crippen LogP contribution in [0.2, 0.25) is 0 Å². The molecule has 0 amide bonds. The standard InChI is InChI=1S/C23H30BO2/c1-22(2)23(3,4)26-24(25-22)21-19(16-17-10-6-5-7-11-17)15-14-18-12-8-9-13-20(18)21/h8-9,12-17H,5-7,10-11H2,1-4H3. The van der Waals surface area contributed by atoms with Gasteiger partial charge in [0, 0.05) is 0 Å². The molecule has 26 heavy (non-hydrogen) atoms. The molecule has 1 aliphatic heterocycles. The Morgan fingerprint density at radius 3 is 2.23 bits per heavy atom. The van der Waals surface area contributed by atoms with E-state index in [9.17, 15) is 0 Å². The molecule has 0 unspecified atom stereocenters. The van der Waals surface area contributed by atoms with Crippen LogP contribution in [0.1, 0.15) is 65.4 Å². The first-order valence-electron chi connectivity index (χ1n) is 10.1. The highest BCUT2D eigenvalue weighted by molar-refractivity contribution is 6.65. The highest BCUT2D eigenvalue weighted by atomic mass is 16.7. The van der Waals surface area contributed by atoms with Crippen molar-refractivity contribution >= 4 is 23.4 Å². The lowest BCUT2D eigenvalue weighted by Crippen LogP contribution is -2.41. The molecule has 0 spiro atoms. The fraction of sp³-hybridized carbons (Fsp3) is 0.522. The molecule has 2 nitrogen and oxygen atoms in total. The summed E-state index contributed by atoms with van der Waals surface area (Å²) < 4.78 is 12.9. The molecule has 1 radical (unpaired) electrons. The van der Waals surface area contributed by atoms with Crippen molar-refractivity contribution in [3.8, 4) is 0 Å². The molecule has 3 heteroatoms. The van der Waals surface area contributed by atoms with Crippen LogP contribution in [-0.4, -0.2) is 18.3 Å². The third-order valence-corrected chi connectivity index (χ3v) is 6.56. The van der Waals surface area contributed by atoms with E-state index in [1.165, 1.54) is 53.9 Å². The SMILES string of the molecule is CC1(C)OB(c2c([CH]C3CCCCC3)ccc3ccccc23)OC1(C)C. The predicted octanol–water partition coefficient (Wildman–Crippen LogP) is 5.27. The van der Waals surface area contributed by atoms with E-state index in [2.05, 4.69) is 70.5 Å². The van der Waals surface area contributed by atoms with Crippen molar-refractivity contribution in [2.24, 2.45) is 5.92 Å². The Bertz CT molecular complexity index is 774. The molecular weight excluding hydrogens is 319 g/mol. The van der Waals surface area contributed by atoms with Gasteiger partial charge in [-0.1, -0.05) is 55.7 Å². The minimum atomic E-state index is -0.323. The van der Waals surface area contributed by atoms with Gasteiger partial charge < -0.3 is 9.31 Å². The molecule has 137 valence electrons. The highest BCUT2D eigenvalue weighted by Crippen LogP contribution is 2.38. The fourth-order valence-corrected chi connectivity index (χ4v) is 4.24. The summed E-state index contributed by atoms with van der Waals surface area (Å²) >= 11 is 0. The molecule has 2 aromatic rings. The van der Waals surface area contributed by atoms with Crippen molar-refractivity contribution in [1.82, 2.24) is 0 Å². The van der Waals surface area contributed by atoms with Crippen LogP contribution < -0.4 is 5.46 Å². The van der Waals surface area contributed by atoms with E-state index >= 15 is 0 Å². The van der Waals surface area contributed by atoms with Crippen LogP contribution in [0.25, 0.3) is 10.8 Å². The smallest absolute Gasteiger partial charge is 0.399 e. The Hall–Kier alpha value is -1.32. The lowest BCUT2D eigenvalue weighted by Gasteiger charge is -2.32. The molecular formula is C23H30BO2. The molecule has 1 saturated carbocycles. The summed E-state index contributed by atoms with van der Waals surface area (Å²) in [7, 11) is -0.319. The molecule has 1 heterocycles. The zero-order valence-electron chi connectivity index (χ0n) is 16.5. The minimum Gasteiger partial charge on any atom is -0.399 e. The summed E-state index contributed by atoms with van der Waals surface area (Å²) in [5.74, 6) is 0.672. The van der Waals surface area contributed by atoms with Gasteiger partial charge in [-0.15, -0.1) is 0 Å². The van der Waals surface area contributed by atoms with Crippen molar-refractivity contribution in [3.63, 3.8) is 0 Å². The van der Waals surface area contributed by atoms with E-state index < -0.39 is 0 Å². The lowest BCUT2D eigenvalue weighted by molar-refractivity contribution is 0.00578. The Morgan fingerprint density at radius 1 is 0.885 bits per heavy atom. The van der Waals surface area contributed by atoms with Crippen LogP contribution in [0.15, 0.2) is 36.4 Å². The first-order chi connectivity index (χ1) is 12.4. The van der Waals surface area contributed by atoms with Gasteiger partial charge in [-0.25, -0.2) is 0 Å². The van der Waals surface area contributed by atoms with E-state index in [4.69, 9.17) is 9.31 Å². The summed E-state index contributed by atoms with van der Waals surface area (Å²) in [6, 6.07) is 13.1. The normalized spacial score (nSPS) is 22.8. The summed E-state index contributed by atoms with van der Waals surface area (Å²) in [5.41, 5.74) is 1.84. The summed E-state index contributed by atoms with van der Waals surface area (Å²) in [6.07, 6.45) is 9.16. The lowest BCUT2D eigenvalue weighted by atomic mass is 9.70. The Balaban J connectivity index is 1.76. The Morgan fingerprint density at radius 2 is 1.54 bits per heavy atom. The molecule has 2 aliphatic rings. The van der Waals surface area contributed by atoms with Gasteiger partial charge in [-0.2, -0.15) is 0 Å². The zero-order valence-corrected chi connectivity index (χ0v) is 16.5. The number of hydrogen-bond acceptors (Lipinski definition) is 2. The molecule has 1 saturated heterocycles. The van der Waals surface area contributed by atoms with Crippen molar-refractivity contribution in [1.29, 1.82) is 0 Å². The molecule has 0 N–H and O–H groups in total. The van der Waals surface area contributed by atoms with Gasteiger partial charge >= 0.3 is 7.12 Å². The number of rotatable bonds is 3. The predicted molar refractivity (Wildman–Crippen MR) is 110 cm³/mol. The molecule has 0 bridgehead atoms. The van der Waals surface area contributed by atoms with Crippen LogP contribution in [0.3, 0.4) is 0 Å². The second-order valence-corrected chi connectivity index (χ2v) is 8.94. The van der Waals surface area contributed by atoms with Crippen LogP contribution >= 0.6 is 0 Å². The monoisotopic (exact) mass is 349 g/mol. The molecule has 0 atom stereocenters. The molecule has 1 aliphatic carbocycles. The summed E-state index contributed by atoms with van der Waals surface area (Å²) in [5, 5.41) is 2.49. The Kier molecular flexibility index (Phi) is 4.65. The highest BCUT2D eigenvalue weighted by Gasteiger charge is 2.52. The Labute approximate surface area is 158 Å². The van der Waals surface area contributed by atoms with Crippen LogP contribution in [0.5, 0.6) is 0 Å². The van der Waals surface area contributed by atoms with E-state index in [1.54, 1.807) is 0 Å². The molecule has 0 aromatic heterocycles. The maximum absolute atomic E-state index is 6.45. The topological polar surface area (TPSA) is 18.5 Å². The van der Waals surface area contributed by atoms with Gasteiger partial charge in [-0.05, 0) is 74.7 Å². The molecule has 2 aromatic carbocycles. The number of hydrogen-bond donors (Lipinski definition) is 0. The van der Waals surface area contributed by atoms with Crippen LogP contribution in [0.4, 0.5) is 0 Å². The maximum Gasteiger partial charge on any atom is 0.495 e. The van der Waals surface area contributed by atoms with E-state index in [1.807, 2.05) is 0 Å². The van der Waals surface area contributed by atoms with Crippen molar-refractivity contribution in [3.05, 3.63) is 48.4 Å². The maximum atomic E-state index is 6.45. The quantitative estimate of drug-likeness (QED) is 0.703. The average Bonchev–Trinajstić information content (AvgIpc) is 2.83. The largest absolute Gasteiger partial charge is 0.495 e. The minimum absolute atomic E-state index is 0.319. The molecule has 4 rings (SSSR count). The van der Waals surface area contributed by atoms with E-state index in [0.717, 1.165) is 0 Å². The first kappa shape index (κ1) is 18.1. The van der Waals surface area contributed by atoms with Crippen LogP contribution in [-0.2, 0) is 9.31 Å². The summed E-state index contributed by atoms with van der Waals surface area (Å²) in [6.45, 7) is 8.51. The van der Waals surface area contributed by atoms with Crippen molar-refractivity contribution in [2.75, 3.05) is 0 Å². The summed E-state index contributed by atoms with van der Waals surface area (Å²) in [4.78, 5) is 0. The van der Waals surface area contributed by atoms with Gasteiger partial charge in [0.1, 0.15) is 0 Å². The van der Waals surface area contributed by atoms with Gasteiger partial charge in [0.25, 0.3) is 0 Å². The average molecular weight is 349 g/mol. The first-order valence-corrected chi connectivity index (χ1v) is 10.1. The second-order valence-electron chi connectivity index (χ2n) is 8.94. The van der Waals surface area contributed by atoms with Gasteiger partial charge in [0.2, 0.25) is 0 Å². The van der Waals surface area contributed by atoms with Crippen molar-refractivity contribution in [2.45, 2.75) is 71.0 Å².